The van der Waals surface area contributed by atoms with Gasteiger partial charge < -0.3 is 4.90 Å². The molecule has 2 rings (SSSR count). The van der Waals surface area contributed by atoms with Crippen LogP contribution in [0.25, 0.3) is 0 Å². The van der Waals surface area contributed by atoms with Gasteiger partial charge in [0.2, 0.25) is 5.91 Å². The zero-order valence-electron chi connectivity index (χ0n) is 7.83. The second-order valence-electron chi connectivity index (χ2n) is 3.28. The molecule has 74 valence electrons. The quantitative estimate of drug-likeness (QED) is 0.644. The Morgan fingerprint density at radius 2 is 2.36 bits per heavy atom. The zero-order chi connectivity index (χ0) is 10.1. The maximum atomic E-state index is 11.1. The molecule has 0 unspecified atom stereocenters. The van der Waals surface area contributed by atoms with Gasteiger partial charge in [-0.3, -0.25) is 9.78 Å². The highest BCUT2D eigenvalue weighted by Crippen LogP contribution is 2.16. The summed E-state index contributed by atoms with van der Waals surface area (Å²) in [5.74, 6) is 0.0763. The molecule has 0 bridgehead atoms. The first-order valence-electron chi connectivity index (χ1n) is 4.42. The second-order valence-corrected chi connectivity index (χ2v) is 3.66. The van der Waals surface area contributed by atoms with Gasteiger partial charge in [-0.2, -0.15) is 0 Å². The molecular weight excluding hydrogens is 202 g/mol. The first kappa shape index (κ1) is 9.40. The number of aromatic nitrogens is 2. The summed E-state index contributed by atoms with van der Waals surface area (Å²) in [6.07, 6.45) is 2.26. The first-order chi connectivity index (χ1) is 6.66. The Labute approximate surface area is 86.9 Å². The number of hydrogen-bond donors (Lipinski definition) is 0. The summed E-state index contributed by atoms with van der Waals surface area (Å²) >= 11 is 5.72. The molecule has 0 aromatic carbocycles. The van der Waals surface area contributed by atoms with Crippen LogP contribution >= 0.6 is 11.6 Å². The van der Waals surface area contributed by atoms with E-state index in [9.17, 15) is 4.79 Å². The van der Waals surface area contributed by atoms with Crippen LogP contribution in [-0.4, -0.2) is 27.3 Å². The van der Waals surface area contributed by atoms with Crippen LogP contribution in [0.3, 0.4) is 0 Å². The number of carbonyl (C=O) groups is 1. The summed E-state index contributed by atoms with van der Waals surface area (Å²) < 4.78 is 0. The highest BCUT2D eigenvalue weighted by molar-refractivity contribution is 6.29. The molecule has 0 fully saturated rings. The van der Waals surface area contributed by atoms with E-state index in [-0.39, 0.29) is 5.91 Å². The van der Waals surface area contributed by atoms with Gasteiger partial charge in [-0.05, 0) is 0 Å². The smallest absolute Gasteiger partial charge is 0.219 e. The van der Waals surface area contributed by atoms with Crippen LogP contribution in [0.1, 0.15) is 18.3 Å². The van der Waals surface area contributed by atoms with E-state index >= 15 is 0 Å². The van der Waals surface area contributed by atoms with Gasteiger partial charge in [-0.1, -0.05) is 11.6 Å². The predicted octanol–water partition coefficient (Wildman–Crippen LogP) is 1.03. The van der Waals surface area contributed by atoms with Crippen molar-refractivity contribution >= 4 is 17.5 Å². The number of rotatable bonds is 0. The van der Waals surface area contributed by atoms with E-state index in [1.807, 2.05) is 0 Å². The third-order valence-corrected chi connectivity index (χ3v) is 2.49. The van der Waals surface area contributed by atoms with E-state index in [0.29, 0.717) is 18.2 Å². The van der Waals surface area contributed by atoms with E-state index in [1.54, 1.807) is 11.8 Å². The number of fused-ring (bicyclic) bond motifs is 1. The van der Waals surface area contributed by atoms with Crippen LogP contribution in [0.4, 0.5) is 0 Å². The highest BCUT2D eigenvalue weighted by atomic mass is 35.5. The maximum Gasteiger partial charge on any atom is 0.219 e. The summed E-state index contributed by atoms with van der Waals surface area (Å²) in [5, 5.41) is 0.417. The molecule has 0 N–H and O–H groups in total. The van der Waals surface area contributed by atoms with Crippen molar-refractivity contribution in [3.05, 3.63) is 22.7 Å². The maximum absolute atomic E-state index is 11.1. The largest absolute Gasteiger partial charge is 0.337 e. The van der Waals surface area contributed by atoms with E-state index < -0.39 is 0 Å². The van der Waals surface area contributed by atoms with Gasteiger partial charge in [0, 0.05) is 19.9 Å². The van der Waals surface area contributed by atoms with Gasteiger partial charge in [0.15, 0.2) is 0 Å². The molecule has 1 amide bonds. The van der Waals surface area contributed by atoms with Gasteiger partial charge in [0.05, 0.1) is 24.1 Å². The number of hydrogen-bond acceptors (Lipinski definition) is 3. The van der Waals surface area contributed by atoms with E-state index in [0.717, 1.165) is 17.8 Å². The van der Waals surface area contributed by atoms with Crippen LogP contribution in [0.15, 0.2) is 6.20 Å². The van der Waals surface area contributed by atoms with Crippen molar-refractivity contribution in [2.45, 2.75) is 19.9 Å². The fraction of sp³-hybridized carbons (Fsp3) is 0.444. The van der Waals surface area contributed by atoms with E-state index in [4.69, 9.17) is 11.6 Å². The van der Waals surface area contributed by atoms with Crippen molar-refractivity contribution in [2.75, 3.05) is 6.54 Å². The number of halogens is 1. The number of nitrogens with zero attached hydrogens (tertiary/aromatic N) is 3. The van der Waals surface area contributed by atoms with Crippen molar-refractivity contribution in [1.82, 2.24) is 14.9 Å². The fourth-order valence-electron chi connectivity index (χ4n) is 1.53. The minimum Gasteiger partial charge on any atom is -0.337 e. The molecule has 14 heavy (non-hydrogen) atoms. The third kappa shape index (κ3) is 1.70. The molecule has 1 aliphatic rings. The van der Waals surface area contributed by atoms with Crippen molar-refractivity contribution in [2.24, 2.45) is 0 Å². The standard InChI is InChI=1S/C9H10ClN3O/c1-6(14)13-3-2-7-8(5-13)11-4-9(10)12-7/h4H,2-3,5H2,1H3. The summed E-state index contributed by atoms with van der Waals surface area (Å²) in [6.45, 7) is 2.82. The van der Waals surface area contributed by atoms with Crippen LogP contribution in [-0.2, 0) is 17.8 Å². The Morgan fingerprint density at radius 3 is 3.07 bits per heavy atom. The monoisotopic (exact) mass is 211 g/mol. The van der Waals surface area contributed by atoms with E-state index in [1.165, 1.54) is 6.20 Å². The van der Waals surface area contributed by atoms with Crippen molar-refractivity contribution in [1.29, 1.82) is 0 Å². The fourth-order valence-corrected chi connectivity index (χ4v) is 1.68. The minimum absolute atomic E-state index is 0.0763. The molecule has 4 nitrogen and oxygen atoms in total. The summed E-state index contributed by atoms with van der Waals surface area (Å²) in [6, 6.07) is 0. The lowest BCUT2D eigenvalue weighted by molar-refractivity contribution is -0.129. The molecule has 0 atom stereocenters. The lowest BCUT2D eigenvalue weighted by atomic mass is 10.1. The molecule has 0 aliphatic carbocycles. The minimum atomic E-state index is 0.0763. The molecule has 1 aromatic heterocycles. The van der Waals surface area contributed by atoms with Gasteiger partial charge in [-0.25, -0.2) is 4.98 Å². The molecule has 0 saturated heterocycles. The number of amides is 1. The Balaban J connectivity index is 2.27. The molecule has 5 heteroatoms. The normalized spacial score (nSPS) is 15.1. The molecule has 0 saturated carbocycles. The van der Waals surface area contributed by atoms with Gasteiger partial charge in [-0.15, -0.1) is 0 Å². The average Bonchev–Trinajstić information content (AvgIpc) is 2.16. The Bertz CT molecular complexity index is 380. The molecule has 1 aromatic rings. The van der Waals surface area contributed by atoms with E-state index in [2.05, 4.69) is 9.97 Å². The van der Waals surface area contributed by atoms with Gasteiger partial charge >= 0.3 is 0 Å². The highest BCUT2D eigenvalue weighted by Gasteiger charge is 2.20. The molecule has 0 radical (unpaired) electrons. The van der Waals surface area contributed by atoms with Crippen molar-refractivity contribution in [3.63, 3.8) is 0 Å². The van der Waals surface area contributed by atoms with Crippen molar-refractivity contribution in [3.8, 4) is 0 Å². The summed E-state index contributed by atoms with van der Waals surface area (Å²) in [7, 11) is 0. The first-order valence-corrected chi connectivity index (χ1v) is 4.80. The zero-order valence-corrected chi connectivity index (χ0v) is 8.58. The summed E-state index contributed by atoms with van der Waals surface area (Å²) in [5.41, 5.74) is 1.77. The molecule has 2 heterocycles. The third-order valence-electron chi connectivity index (χ3n) is 2.31. The Morgan fingerprint density at radius 1 is 1.57 bits per heavy atom. The van der Waals surface area contributed by atoms with Crippen molar-refractivity contribution < 1.29 is 4.79 Å². The predicted molar refractivity (Wildman–Crippen MR) is 51.8 cm³/mol. The van der Waals surface area contributed by atoms with Gasteiger partial charge in [0.1, 0.15) is 5.15 Å². The molecular formula is C9H10ClN3O. The molecule has 1 aliphatic heterocycles. The lowest BCUT2D eigenvalue weighted by Crippen LogP contribution is -2.35. The van der Waals surface area contributed by atoms with Gasteiger partial charge in [0.25, 0.3) is 0 Å². The van der Waals surface area contributed by atoms with Crippen LogP contribution in [0, 0.1) is 0 Å². The number of carbonyl (C=O) groups excluding carboxylic acids is 1. The second kappa shape index (κ2) is 3.53. The lowest BCUT2D eigenvalue weighted by Gasteiger charge is -2.26. The SMILES string of the molecule is CC(=O)N1CCc2nc(Cl)cnc2C1. The molecule has 0 spiro atoms. The van der Waals surface area contributed by atoms with Crippen LogP contribution in [0.2, 0.25) is 5.15 Å². The van der Waals surface area contributed by atoms with Crippen LogP contribution < -0.4 is 0 Å². The Kier molecular flexibility index (Phi) is 2.37. The average molecular weight is 212 g/mol. The topological polar surface area (TPSA) is 46.1 Å². The Hall–Kier alpha value is -1.16. The summed E-state index contributed by atoms with van der Waals surface area (Å²) in [4.78, 5) is 21.2. The van der Waals surface area contributed by atoms with Crippen LogP contribution in [0.5, 0.6) is 0 Å².